The molecule has 0 amide bonds. The molecule has 0 aliphatic rings. The molecule has 7 heteroatoms. The lowest BCUT2D eigenvalue weighted by atomic mass is 10.0. The highest BCUT2D eigenvalue weighted by Crippen LogP contribution is 2.48. The molecule has 0 atom stereocenters. The molecule has 0 radical (unpaired) electrons. The van der Waals surface area contributed by atoms with Crippen molar-refractivity contribution < 1.29 is 14.4 Å². The van der Waals surface area contributed by atoms with Gasteiger partial charge in [0.15, 0.2) is 11.5 Å². The van der Waals surface area contributed by atoms with Crippen LogP contribution in [-0.4, -0.2) is 10.0 Å². The summed E-state index contributed by atoms with van der Waals surface area (Å²) in [5.41, 5.74) is 6.58. The van der Waals surface area contributed by atoms with Crippen molar-refractivity contribution in [2.24, 2.45) is 0 Å². The molecule has 23 heavy (non-hydrogen) atoms. The van der Waals surface area contributed by atoms with E-state index in [4.69, 9.17) is 21.8 Å². The van der Waals surface area contributed by atoms with Crippen molar-refractivity contribution in [1.29, 1.82) is 0 Å². The van der Waals surface area contributed by atoms with Gasteiger partial charge >= 0.3 is 0 Å². The molecule has 3 aromatic rings. The molecule has 0 fully saturated rings. The second kappa shape index (κ2) is 5.66. The lowest BCUT2D eigenvalue weighted by Gasteiger charge is -2.04. The summed E-state index contributed by atoms with van der Waals surface area (Å²) in [6.07, 6.45) is 0. The predicted octanol–water partition coefficient (Wildman–Crippen LogP) is 4.46. The maximum atomic E-state index is 11.0. The summed E-state index contributed by atoms with van der Waals surface area (Å²) in [6.45, 7) is 0. The van der Waals surface area contributed by atoms with E-state index in [1.54, 1.807) is 24.3 Å². The highest BCUT2D eigenvalue weighted by atomic mass is 35.5. The monoisotopic (exact) mass is 330 g/mol. The molecule has 0 aliphatic heterocycles. The molecule has 6 nitrogen and oxygen atoms in total. The number of nitro benzene ring substituents is 1. The van der Waals surface area contributed by atoms with E-state index in [9.17, 15) is 15.2 Å². The fourth-order valence-corrected chi connectivity index (χ4v) is 2.63. The van der Waals surface area contributed by atoms with Crippen LogP contribution in [0.25, 0.3) is 22.5 Å². The average molecular weight is 331 g/mol. The molecular weight excluding hydrogens is 320 g/mol. The Kier molecular flexibility index (Phi) is 3.67. The Hall–Kier alpha value is -2.99. The first-order chi connectivity index (χ1) is 11.0. The first-order valence-corrected chi connectivity index (χ1v) is 6.98. The minimum atomic E-state index is -0.600. The average Bonchev–Trinajstić information content (AvgIpc) is 2.83. The Balaban J connectivity index is 2.21. The molecule has 116 valence electrons. The molecule has 0 bridgehead atoms. The minimum absolute atomic E-state index is 0.0660. The zero-order chi connectivity index (χ0) is 16.6. The molecule has 3 rings (SSSR count). The van der Waals surface area contributed by atoms with Crippen LogP contribution in [0.2, 0.25) is 5.02 Å². The minimum Gasteiger partial charge on any atom is -0.504 e. The van der Waals surface area contributed by atoms with Gasteiger partial charge in [-0.1, -0.05) is 54.1 Å². The van der Waals surface area contributed by atoms with Crippen LogP contribution in [0.1, 0.15) is 0 Å². The molecule has 1 aromatic heterocycles. The summed E-state index contributed by atoms with van der Waals surface area (Å²) < 4.78 is 5.44. The Morgan fingerprint density at radius 2 is 1.83 bits per heavy atom. The van der Waals surface area contributed by atoms with Crippen molar-refractivity contribution in [3.63, 3.8) is 0 Å². The summed E-state index contributed by atoms with van der Waals surface area (Å²) in [6, 6.07) is 13.2. The van der Waals surface area contributed by atoms with E-state index in [0.717, 1.165) is 0 Å². The summed E-state index contributed by atoms with van der Waals surface area (Å²) >= 11 is 6.09. The number of nitro groups is 1. The molecule has 0 unspecified atom stereocenters. The highest BCUT2D eigenvalue weighted by Gasteiger charge is 2.25. The molecule has 2 aromatic carbocycles. The van der Waals surface area contributed by atoms with Gasteiger partial charge in [0, 0.05) is 17.2 Å². The SMILES string of the molecule is Nc1oc(-c2ccccc2)c(O)c1-c1cccc([N+](=O)[O-])c1Cl. The quantitative estimate of drug-likeness (QED) is 0.545. The first kappa shape index (κ1) is 14.9. The number of halogens is 1. The van der Waals surface area contributed by atoms with Gasteiger partial charge in [0.1, 0.15) is 5.02 Å². The Morgan fingerprint density at radius 1 is 1.13 bits per heavy atom. The van der Waals surface area contributed by atoms with Crippen LogP contribution in [0.15, 0.2) is 52.9 Å². The first-order valence-electron chi connectivity index (χ1n) is 6.60. The predicted molar refractivity (Wildman–Crippen MR) is 87.3 cm³/mol. The fourth-order valence-electron chi connectivity index (χ4n) is 2.34. The van der Waals surface area contributed by atoms with Gasteiger partial charge in [-0.05, 0) is 0 Å². The van der Waals surface area contributed by atoms with Gasteiger partial charge in [-0.3, -0.25) is 10.1 Å². The second-order valence-corrected chi connectivity index (χ2v) is 5.16. The molecule has 0 saturated carbocycles. The number of nitrogens with zero attached hydrogens (tertiary/aromatic N) is 1. The Bertz CT molecular complexity index is 891. The topological polar surface area (TPSA) is 103 Å². The van der Waals surface area contributed by atoms with Gasteiger partial charge in [-0.15, -0.1) is 0 Å². The van der Waals surface area contributed by atoms with Gasteiger partial charge < -0.3 is 15.3 Å². The van der Waals surface area contributed by atoms with Gasteiger partial charge in [0.05, 0.1) is 10.5 Å². The molecule has 1 heterocycles. The summed E-state index contributed by atoms with van der Waals surface area (Å²) in [5.74, 6) is -0.0967. The number of anilines is 1. The lowest BCUT2D eigenvalue weighted by molar-refractivity contribution is -0.384. The van der Waals surface area contributed by atoms with E-state index >= 15 is 0 Å². The van der Waals surface area contributed by atoms with E-state index in [1.165, 1.54) is 18.2 Å². The van der Waals surface area contributed by atoms with Gasteiger partial charge in [-0.2, -0.15) is 0 Å². The number of nitrogen functional groups attached to an aromatic ring is 1. The van der Waals surface area contributed by atoms with Crippen molar-refractivity contribution in [2.75, 3.05) is 5.73 Å². The number of aromatic hydroxyl groups is 1. The maximum Gasteiger partial charge on any atom is 0.288 e. The highest BCUT2D eigenvalue weighted by molar-refractivity contribution is 6.35. The second-order valence-electron chi connectivity index (χ2n) is 4.78. The van der Waals surface area contributed by atoms with Crippen molar-refractivity contribution in [3.8, 4) is 28.2 Å². The van der Waals surface area contributed by atoms with Crippen LogP contribution in [0, 0.1) is 10.1 Å². The third-order valence-corrected chi connectivity index (χ3v) is 3.79. The lowest BCUT2D eigenvalue weighted by Crippen LogP contribution is -1.92. The zero-order valence-corrected chi connectivity index (χ0v) is 12.4. The van der Waals surface area contributed by atoms with Crippen LogP contribution >= 0.6 is 11.6 Å². The number of furan rings is 1. The van der Waals surface area contributed by atoms with E-state index in [2.05, 4.69) is 0 Å². The van der Waals surface area contributed by atoms with Gasteiger partial charge in [-0.25, -0.2) is 0 Å². The van der Waals surface area contributed by atoms with Crippen LogP contribution in [0.3, 0.4) is 0 Å². The van der Waals surface area contributed by atoms with Crippen molar-refractivity contribution in [1.82, 2.24) is 0 Å². The Morgan fingerprint density at radius 3 is 2.48 bits per heavy atom. The van der Waals surface area contributed by atoms with Crippen LogP contribution in [0.4, 0.5) is 11.6 Å². The van der Waals surface area contributed by atoms with Gasteiger partial charge in [0.25, 0.3) is 5.69 Å². The number of hydrogen-bond donors (Lipinski definition) is 2. The third-order valence-electron chi connectivity index (χ3n) is 3.39. The standard InChI is InChI=1S/C16H11ClN2O4/c17-13-10(7-4-8-11(13)19(21)22)12-14(20)15(23-16(12)18)9-5-2-1-3-6-9/h1-8,20H,18H2. The molecule has 3 N–H and O–H groups in total. The summed E-state index contributed by atoms with van der Waals surface area (Å²) in [7, 11) is 0. The number of hydrogen-bond acceptors (Lipinski definition) is 5. The van der Waals surface area contributed by atoms with E-state index < -0.39 is 4.92 Å². The van der Waals surface area contributed by atoms with E-state index in [0.29, 0.717) is 5.56 Å². The number of nitrogens with two attached hydrogens (primary N) is 1. The molecule has 0 saturated heterocycles. The molecular formula is C16H11ClN2O4. The molecule has 0 spiro atoms. The van der Waals surface area contributed by atoms with Gasteiger partial charge in [0.2, 0.25) is 5.88 Å². The van der Waals surface area contributed by atoms with Crippen LogP contribution < -0.4 is 5.73 Å². The third kappa shape index (κ3) is 2.49. The van der Waals surface area contributed by atoms with Crippen molar-refractivity contribution in [2.45, 2.75) is 0 Å². The molecule has 0 aliphatic carbocycles. The van der Waals surface area contributed by atoms with E-state index in [-0.39, 0.29) is 39.2 Å². The summed E-state index contributed by atoms with van der Waals surface area (Å²) in [4.78, 5) is 10.4. The fraction of sp³-hybridized carbons (Fsp3) is 0. The smallest absolute Gasteiger partial charge is 0.288 e. The van der Waals surface area contributed by atoms with Crippen LogP contribution in [0.5, 0.6) is 5.75 Å². The van der Waals surface area contributed by atoms with Crippen molar-refractivity contribution in [3.05, 3.63) is 63.7 Å². The largest absolute Gasteiger partial charge is 0.504 e. The van der Waals surface area contributed by atoms with Crippen LogP contribution in [-0.2, 0) is 0 Å². The number of rotatable bonds is 3. The Labute approximate surface area is 135 Å². The number of benzene rings is 2. The van der Waals surface area contributed by atoms with E-state index in [1.807, 2.05) is 6.07 Å². The summed E-state index contributed by atoms with van der Waals surface area (Å²) in [5, 5.41) is 21.4. The maximum absolute atomic E-state index is 11.0. The zero-order valence-electron chi connectivity index (χ0n) is 11.7. The van der Waals surface area contributed by atoms with Crippen molar-refractivity contribution >= 4 is 23.2 Å². The normalized spacial score (nSPS) is 10.7.